The van der Waals surface area contributed by atoms with E-state index in [4.69, 9.17) is 4.98 Å². The van der Waals surface area contributed by atoms with Gasteiger partial charge in [0.1, 0.15) is 5.82 Å². The summed E-state index contributed by atoms with van der Waals surface area (Å²) in [6, 6.07) is 27.5. The molecule has 0 spiro atoms. The van der Waals surface area contributed by atoms with Crippen LogP contribution in [-0.4, -0.2) is 9.55 Å². The van der Waals surface area contributed by atoms with Crippen LogP contribution in [0.5, 0.6) is 0 Å². The predicted molar refractivity (Wildman–Crippen MR) is 101 cm³/mol. The van der Waals surface area contributed by atoms with E-state index < -0.39 is 0 Å². The zero-order valence-electron chi connectivity index (χ0n) is 14.0. The molecule has 2 heteroatoms. The van der Waals surface area contributed by atoms with Gasteiger partial charge in [0.2, 0.25) is 0 Å². The highest BCUT2D eigenvalue weighted by atomic mass is 15.1. The fourth-order valence-corrected chi connectivity index (χ4v) is 3.08. The van der Waals surface area contributed by atoms with Crippen LogP contribution in [0.3, 0.4) is 0 Å². The number of benzene rings is 3. The molecule has 0 bridgehead atoms. The highest BCUT2D eigenvalue weighted by molar-refractivity contribution is 5.83. The maximum atomic E-state index is 4.88. The quantitative estimate of drug-likeness (QED) is 0.466. The molecule has 1 aromatic heterocycles. The van der Waals surface area contributed by atoms with E-state index in [1.54, 1.807) is 0 Å². The van der Waals surface area contributed by atoms with Crippen LogP contribution in [0, 0.1) is 0 Å². The molecule has 0 saturated carbocycles. The molecule has 2 nitrogen and oxygen atoms in total. The van der Waals surface area contributed by atoms with Gasteiger partial charge >= 0.3 is 0 Å². The van der Waals surface area contributed by atoms with E-state index >= 15 is 0 Å². The largest absolute Gasteiger partial charge is 0.292 e. The smallest absolute Gasteiger partial charge is 0.145 e. The molecule has 118 valence electrons. The van der Waals surface area contributed by atoms with Crippen molar-refractivity contribution in [2.75, 3.05) is 0 Å². The number of hydrogen-bond acceptors (Lipinski definition) is 1. The molecule has 0 radical (unpaired) electrons. The Bertz CT molecular complexity index is 964. The molecule has 0 amide bonds. The van der Waals surface area contributed by atoms with Crippen LogP contribution in [0.15, 0.2) is 78.9 Å². The molecule has 4 aromatic rings. The summed E-state index contributed by atoms with van der Waals surface area (Å²) in [6.07, 6.45) is 0. The summed E-state index contributed by atoms with van der Waals surface area (Å²) < 4.78 is 2.24. The minimum atomic E-state index is 0.534. The van der Waals surface area contributed by atoms with Crippen LogP contribution in [0.25, 0.3) is 28.1 Å². The highest BCUT2D eigenvalue weighted by Crippen LogP contribution is 2.29. The van der Waals surface area contributed by atoms with Gasteiger partial charge in [0, 0.05) is 11.3 Å². The maximum absolute atomic E-state index is 4.88. The number of hydrogen-bond donors (Lipinski definition) is 0. The van der Waals surface area contributed by atoms with E-state index in [1.807, 2.05) is 12.1 Å². The van der Waals surface area contributed by atoms with Crippen molar-refractivity contribution in [3.8, 4) is 17.1 Å². The third-order valence-electron chi connectivity index (χ3n) is 4.41. The Morgan fingerprint density at radius 3 is 2.12 bits per heavy atom. The Morgan fingerprint density at radius 1 is 0.750 bits per heavy atom. The van der Waals surface area contributed by atoms with Gasteiger partial charge in [-0.05, 0) is 35.7 Å². The molecule has 0 saturated heterocycles. The third-order valence-corrected chi connectivity index (χ3v) is 4.41. The minimum Gasteiger partial charge on any atom is -0.292 e. The zero-order chi connectivity index (χ0) is 16.5. The average Bonchev–Trinajstić information content (AvgIpc) is 3.02. The molecule has 0 aliphatic carbocycles. The monoisotopic (exact) mass is 312 g/mol. The lowest BCUT2D eigenvalue weighted by Crippen LogP contribution is -1.98. The van der Waals surface area contributed by atoms with Gasteiger partial charge in [-0.25, -0.2) is 4.98 Å². The van der Waals surface area contributed by atoms with Crippen molar-refractivity contribution in [3.63, 3.8) is 0 Å². The van der Waals surface area contributed by atoms with Gasteiger partial charge in [-0.3, -0.25) is 4.57 Å². The molecular formula is C22H20N2. The Hall–Kier alpha value is -2.87. The van der Waals surface area contributed by atoms with Crippen molar-refractivity contribution in [2.24, 2.45) is 0 Å². The molecule has 3 aromatic carbocycles. The summed E-state index contributed by atoms with van der Waals surface area (Å²) >= 11 is 0. The molecule has 1 heterocycles. The topological polar surface area (TPSA) is 17.8 Å². The van der Waals surface area contributed by atoms with E-state index in [0.717, 1.165) is 28.1 Å². The van der Waals surface area contributed by atoms with Crippen molar-refractivity contribution < 1.29 is 0 Å². The minimum absolute atomic E-state index is 0.534. The fourth-order valence-electron chi connectivity index (χ4n) is 3.08. The zero-order valence-corrected chi connectivity index (χ0v) is 14.0. The normalized spacial score (nSPS) is 11.3. The van der Waals surface area contributed by atoms with Gasteiger partial charge in [0.25, 0.3) is 0 Å². The fraction of sp³-hybridized carbons (Fsp3) is 0.136. The van der Waals surface area contributed by atoms with E-state index in [0.29, 0.717) is 5.92 Å². The van der Waals surface area contributed by atoms with Crippen LogP contribution in [0.1, 0.15) is 25.3 Å². The molecule has 0 N–H and O–H groups in total. The third kappa shape index (κ3) is 2.50. The summed E-state index contributed by atoms with van der Waals surface area (Å²) in [5.74, 6) is 1.52. The summed E-state index contributed by atoms with van der Waals surface area (Å²) in [4.78, 5) is 4.88. The van der Waals surface area contributed by atoms with Gasteiger partial charge in [0.15, 0.2) is 0 Å². The van der Waals surface area contributed by atoms with Crippen LogP contribution in [0.2, 0.25) is 0 Å². The van der Waals surface area contributed by atoms with E-state index in [9.17, 15) is 0 Å². The average molecular weight is 312 g/mol. The van der Waals surface area contributed by atoms with E-state index in [1.165, 1.54) is 5.56 Å². The van der Waals surface area contributed by atoms with Gasteiger partial charge in [-0.2, -0.15) is 0 Å². The number of para-hydroxylation sites is 2. The number of aromatic nitrogens is 2. The molecule has 0 atom stereocenters. The molecule has 4 rings (SSSR count). The van der Waals surface area contributed by atoms with Crippen molar-refractivity contribution in [1.82, 2.24) is 9.55 Å². The predicted octanol–water partition coefficient (Wildman–Crippen LogP) is 5.82. The van der Waals surface area contributed by atoms with Gasteiger partial charge < -0.3 is 0 Å². The Kier molecular flexibility index (Phi) is 3.66. The van der Waals surface area contributed by atoms with Crippen LogP contribution >= 0.6 is 0 Å². The second-order valence-corrected chi connectivity index (χ2v) is 6.37. The molecule has 24 heavy (non-hydrogen) atoms. The maximum Gasteiger partial charge on any atom is 0.145 e. The van der Waals surface area contributed by atoms with Gasteiger partial charge in [-0.15, -0.1) is 0 Å². The lowest BCUT2D eigenvalue weighted by atomic mass is 10.0. The number of nitrogens with zero attached hydrogens (tertiary/aromatic N) is 2. The Morgan fingerprint density at radius 2 is 1.42 bits per heavy atom. The van der Waals surface area contributed by atoms with Crippen molar-refractivity contribution in [2.45, 2.75) is 19.8 Å². The first-order valence-corrected chi connectivity index (χ1v) is 8.37. The van der Waals surface area contributed by atoms with Crippen LogP contribution in [0.4, 0.5) is 0 Å². The molecule has 0 aliphatic heterocycles. The van der Waals surface area contributed by atoms with E-state index in [2.05, 4.69) is 85.1 Å². The van der Waals surface area contributed by atoms with Crippen molar-refractivity contribution >= 4 is 11.0 Å². The summed E-state index contributed by atoms with van der Waals surface area (Å²) in [5.41, 5.74) is 5.77. The Balaban J connectivity index is 1.96. The summed E-state index contributed by atoms with van der Waals surface area (Å²) in [5, 5.41) is 0. The first kappa shape index (κ1) is 14.7. The molecule has 0 fully saturated rings. The van der Waals surface area contributed by atoms with Crippen molar-refractivity contribution in [1.29, 1.82) is 0 Å². The summed E-state index contributed by atoms with van der Waals surface area (Å²) in [6.45, 7) is 4.44. The second kappa shape index (κ2) is 5.97. The molecular weight excluding hydrogens is 292 g/mol. The van der Waals surface area contributed by atoms with E-state index in [-0.39, 0.29) is 0 Å². The lowest BCUT2D eigenvalue weighted by molar-refractivity contribution is 0.865. The van der Waals surface area contributed by atoms with Gasteiger partial charge in [-0.1, -0.05) is 68.4 Å². The first-order valence-electron chi connectivity index (χ1n) is 8.37. The molecule has 0 aliphatic rings. The standard InChI is InChI=1S/C22H20N2/c1-16(2)17-12-14-19(15-13-17)24-21-11-7-6-10-20(21)23-22(24)18-8-4-3-5-9-18/h3-16H,1-2H3. The van der Waals surface area contributed by atoms with Crippen LogP contribution < -0.4 is 0 Å². The number of imidazole rings is 1. The highest BCUT2D eigenvalue weighted by Gasteiger charge is 2.13. The second-order valence-electron chi connectivity index (χ2n) is 6.37. The number of fused-ring (bicyclic) bond motifs is 1. The van der Waals surface area contributed by atoms with Gasteiger partial charge in [0.05, 0.1) is 11.0 Å². The SMILES string of the molecule is CC(C)c1ccc(-n2c(-c3ccccc3)nc3ccccc32)cc1. The lowest BCUT2D eigenvalue weighted by Gasteiger charge is -2.11. The molecule has 0 unspecified atom stereocenters. The first-order chi connectivity index (χ1) is 11.7. The van der Waals surface area contributed by atoms with Crippen molar-refractivity contribution in [3.05, 3.63) is 84.4 Å². The van der Waals surface area contributed by atoms with Crippen LogP contribution in [-0.2, 0) is 0 Å². The Labute approximate surface area is 142 Å². The summed E-state index contributed by atoms with van der Waals surface area (Å²) in [7, 11) is 0. The number of rotatable bonds is 3.